The molecule has 0 amide bonds. The summed E-state index contributed by atoms with van der Waals surface area (Å²) in [4.78, 5) is 0. The van der Waals surface area contributed by atoms with Crippen molar-refractivity contribution in [3.8, 4) is 0 Å². The molecule has 2 atom stereocenters. The lowest BCUT2D eigenvalue weighted by molar-refractivity contribution is 0.136. The van der Waals surface area contributed by atoms with E-state index in [1.807, 2.05) is 0 Å². The first-order valence-electron chi connectivity index (χ1n) is 8.19. The zero-order valence-corrected chi connectivity index (χ0v) is 13.2. The second kappa shape index (κ2) is 7.76. The Hall–Kier alpha value is -0.130. The number of rotatable bonds is 6. The fourth-order valence-corrected chi connectivity index (χ4v) is 5.29. The van der Waals surface area contributed by atoms with Gasteiger partial charge < -0.3 is 5.11 Å². The Morgan fingerprint density at radius 3 is 2.15 bits per heavy atom. The van der Waals surface area contributed by atoms with Gasteiger partial charge in [-0.15, -0.1) is 0 Å². The Kier molecular flexibility index (Phi) is 6.30. The molecular formula is C15H29NO3S. The molecule has 0 aromatic carbocycles. The van der Waals surface area contributed by atoms with Gasteiger partial charge in [0.05, 0.1) is 5.75 Å². The highest BCUT2D eigenvalue weighted by Crippen LogP contribution is 2.29. The highest BCUT2D eigenvalue weighted by Gasteiger charge is 2.27. The van der Waals surface area contributed by atoms with Gasteiger partial charge in [0.2, 0.25) is 10.0 Å². The SMILES string of the molecule is O=S(=O)(CC1CCCCC1)NCC1CCCCC1CO. The molecule has 2 saturated carbocycles. The van der Waals surface area contributed by atoms with Crippen LogP contribution in [0.15, 0.2) is 0 Å². The summed E-state index contributed by atoms with van der Waals surface area (Å²) in [6.07, 6.45) is 10.1. The lowest BCUT2D eigenvalue weighted by Gasteiger charge is -2.30. The van der Waals surface area contributed by atoms with Crippen LogP contribution in [0.2, 0.25) is 0 Å². The van der Waals surface area contributed by atoms with Gasteiger partial charge in [-0.3, -0.25) is 0 Å². The van der Waals surface area contributed by atoms with Gasteiger partial charge in [-0.2, -0.15) is 0 Å². The van der Waals surface area contributed by atoms with Gasteiger partial charge in [0.15, 0.2) is 0 Å². The van der Waals surface area contributed by atoms with Crippen LogP contribution in [0.25, 0.3) is 0 Å². The smallest absolute Gasteiger partial charge is 0.211 e. The molecule has 20 heavy (non-hydrogen) atoms. The average Bonchev–Trinajstić information content (AvgIpc) is 2.46. The minimum atomic E-state index is -3.14. The largest absolute Gasteiger partial charge is 0.396 e. The molecule has 2 rings (SSSR count). The molecule has 0 spiro atoms. The summed E-state index contributed by atoms with van der Waals surface area (Å²) in [5.41, 5.74) is 0. The first kappa shape index (κ1) is 16.2. The van der Waals surface area contributed by atoms with E-state index in [1.165, 1.54) is 19.3 Å². The van der Waals surface area contributed by atoms with Crippen molar-refractivity contribution < 1.29 is 13.5 Å². The molecule has 0 heterocycles. The number of sulfonamides is 1. The van der Waals surface area contributed by atoms with E-state index in [2.05, 4.69) is 4.72 Å². The van der Waals surface area contributed by atoms with Crippen LogP contribution in [0.3, 0.4) is 0 Å². The minimum absolute atomic E-state index is 0.190. The normalized spacial score (nSPS) is 29.4. The number of aliphatic hydroxyl groups is 1. The zero-order valence-electron chi connectivity index (χ0n) is 12.4. The Morgan fingerprint density at radius 1 is 0.900 bits per heavy atom. The summed E-state index contributed by atoms with van der Waals surface area (Å²) in [5, 5.41) is 9.37. The molecule has 4 nitrogen and oxygen atoms in total. The molecule has 2 N–H and O–H groups in total. The third kappa shape index (κ3) is 5.01. The summed E-state index contributed by atoms with van der Waals surface area (Å²) in [5.74, 6) is 1.24. The van der Waals surface area contributed by atoms with Gasteiger partial charge in [-0.1, -0.05) is 32.1 Å². The van der Waals surface area contributed by atoms with E-state index >= 15 is 0 Å². The number of aliphatic hydroxyl groups excluding tert-OH is 1. The maximum Gasteiger partial charge on any atom is 0.211 e. The van der Waals surface area contributed by atoms with Crippen molar-refractivity contribution in [2.45, 2.75) is 57.8 Å². The van der Waals surface area contributed by atoms with Crippen molar-refractivity contribution in [1.82, 2.24) is 4.72 Å². The van der Waals surface area contributed by atoms with Gasteiger partial charge in [-0.05, 0) is 43.4 Å². The van der Waals surface area contributed by atoms with E-state index in [4.69, 9.17) is 0 Å². The monoisotopic (exact) mass is 303 g/mol. The Bertz CT molecular complexity index is 377. The predicted molar refractivity (Wildman–Crippen MR) is 80.9 cm³/mol. The molecule has 5 heteroatoms. The van der Waals surface area contributed by atoms with E-state index in [-0.39, 0.29) is 12.5 Å². The Morgan fingerprint density at radius 2 is 1.50 bits per heavy atom. The van der Waals surface area contributed by atoms with Crippen LogP contribution in [-0.4, -0.2) is 32.4 Å². The zero-order chi connectivity index (χ0) is 14.4. The minimum Gasteiger partial charge on any atom is -0.396 e. The Balaban J connectivity index is 1.78. The molecule has 0 aromatic heterocycles. The van der Waals surface area contributed by atoms with Gasteiger partial charge >= 0.3 is 0 Å². The average molecular weight is 303 g/mol. The quantitative estimate of drug-likeness (QED) is 0.791. The van der Waals surface area contributed by atoms with Crippen molar-refractivity contribution >= 4 is 10.0 Å². The highest BCUT2D eigenvalue weighted by atomic mass is 32.2. The predicted octanol–water partition coefficient (Wildman–Crippen LogP) is 2.28. The van der Waals surface area contributed by atoms with Gasteiger partial charge in [-0.25, -0.2) is 13.1 Å². The van der Waals surface area contributed by atoms with Crippen LogP contribution >= 0.6 is 0 Å². The third-order valence-corrected chi connectivity index (χ3v) is 6.56. The van der Waals surface area contributed by atoms with Gasteiger partial charge in [0, 0.05) is 13.2 Å². The number of nitrogens with one attached hydrogen (secondary N) is 1. The topological polar surface area (TPSA) is 66.4 Å². The molecule has 118 valence electrons. The molecule has 0 aromatic rings. The van der Waals surface area contributed by atoms with Crippen LogP contribution in [-0.2, 0) is 10.0 Å². The van der Waals surface area contributed by atoms with Crippen LogP contribution < -0.4 is 4.72 Å². The molecule has 0 aliphatic heterocycles. The number of hydrogen-bond donors (Lipinski definition) is 2. The molecule has 0 saturated heterocycles. The first-order valence-corrected chi connectivity index (χ1v) is 9.84. The summed E-state index contributed by atoms with van der Waals surface area (Å²) in [7, 11) is -3.14. The van der Waals surface area contributed by atoms with E-state index in [0.717, 1.165) is 38.5 Å². The molecule has 2 aliphatic carbocycles. The summed E-state index contributed by atoms with van der Waals surface area (Å²) in [6.45, 7) is 0.704. The molecule has 2 fully saturated rings. The highest BCUT2D eigenvalue weighted by molar-refractivity contribution is 7.89. The van der Waals surface area contributed by atoms with E-state index in [1.54, 1.807) is 0 Å². The van der Waals surface area contributed by atoms with Crippen molar-refractivity contribution in [3.63, 3.8) is 0 Å². The molecule has 2 aliphatic rings. The lowest BCUT2D eigenvalue weighted by Crippen LogP contribution is -2.38. The van der Waals surface area contributed by atoms with Gasteiger partial charge in [0.25, 0.3) is 0 Å². The summed E-state index contributed by atoms with van der Waals surface area (Å²) in [6, 6.07) is 0. The van der Waals surface area contributed by atoms with Crippen molar-refractivity contribution in [2.24, 2.45) is 17.8 Å². The molecule has 2 unspecified atom stereocenters. The molecular weight excluding hydrogens is 274 g/mol. The standard InChI is InChI=1S/C15H29NO3S/c17-11-15-9-5-4-8-14(15)10-16-20(18,19)12-13-6-2-1-3-7-13/h13-17H,1-12H2. The van der Waals surface area contributed by atoms with Gasteiger partial charge in [0.1, 0.15) is 0 Å². The maximum atomic E-state index is 12.2. The summed E-state index contributed by atoms with van der Waals surface area (Å²) >= 11 is 0. The van der Waals surface area contributed by atoms with E-state index in [0.29, 0.717) is 24.1 Å². The second-order valence-corrected chi connectivity index (χ2v) is 8.47. The lowest BCUT2D eigenvalue weighted by atomic mass is 9.80. The first-order chi connectivity index (χ1) is 9.61. The number of hydrogen-bond acceptors (Lipinski definition) is 3. The second-order valence-electron chi connectivity index (χ2n) is 6.62. The van der Waals surface area contributed by atoms with Crippen molar-refractivity contribution in [2.75, 3.05) is 18.9 Å². The third-order valence-electron chi connectivity index (χ3n) is 5.05. The maximum absolute atomic E-state index is 12.2. The molecule has 0 bridgehead atoms. The Labute approximate surface area is 123 Å². The fourth-order valence-electron chi connectivity index (χ4n) is 3.75. The van der Waals surface area contributed by atoms with E-state index in [9.17, 15) is 13.5 Å². The van der Waals surface area contributed by atoms with Crippen LogP contribution in [0, 0.1) is 17.8 Å². The summed E-state index contributed by atoms with van der Waals surface area (Å²) < 4.78 is 27.1. The van der Waals surface area contributed by atoms with Crippen LogP contribution in [0.1, 0.15) is 57.8 Å². The van der Waals surface area contributed by atoms with Crippen molar-refractivity contribution in [1.29, 1.82) is 0 Å². The fraction of sp³-hybridized carbons (Fsp3) is 1.00. The molecule has 0 radical (unpaired) electrons. The van der Waals surface area contributed by atoms with Crippen LogP contribution in [0.4, 0.5) is 0 Å². The van der Waals surface area contributed by atoms with E-state index < -0.39 is 10.0 Å². The van der Waals surface area contributed by atoms with Crippen LogP contribution in [0.5, 0.6) is 0 Å². The van der Waals surface area contributed by atoms with Crippen molar-refractivity contribution in [3.05, 3.63) is 0 Å².